The van der Waals surface area contributed by atoms with E-state index in [1.165, 1.54) is 12.7 Å². The van der Waals surface area contributed by atoms with Gasteiger partial charge in [-0.2, -0.15) is 0 Å². The third-order valence-electron chi connectivity index (χ3n) is 3.59. The van der Waals surface area contributed by atoms with E-state index >= 15 is 0 Å². The average Bonchev–Trinajstić information content (AvgIpc) is 2.57. The van der Waals surface area contributed by atoms with Crippen molar-refractivity contribution in [2.24, 2.45) is 0 Å². The molecule has 0 saturated heterocycles. The zero-order chi connectivity index (χ0) is 17.5. The lowest BCUT2D eigenvalue weighted by Gasteiger charge is -2.13. The minimum Gasteiger partial charge on any atom is -0.495 e. The molecule has 1 amide bonds. The molecule has 0 saturated carbocycles. The third-order valence-corrected chi connectivity index (χ3v) is 3.99. The molecule has 5 heteroatoms. The van der Waals surface area contributed by atoms with Gasteiger partial charge < -0.3 is 14.8 Å². The molecule has 0 atom stereocenters. The summed E-state index contributed by atoms with van der Waals surface area (Å²) in [5, 5.41) is 3.37. The summed E-state index contributed by atoms with van der Waals surface area (Å²) in [4.78, 5) is 12.1. The molecule has 24 heavy (non-hydrogen) atoms. The Morgan fingerprint density at radius 1 is 1.21 bits per heavy atom. The second-order valence-corrected chi connectivity index (χ2v) is 5.94. The predicted octanol–water partition coefficient (Wildman–Crippen LogP) is 4.63. The molecule has 2 rings (SSSR count). The second-order valence-electron chi connectivity index (χ2n) is 5.53. The maximum atomic E-state index is 12.1. The van der Waals surface area contributed by atoms with Gasteiger partial charge >= 0.3 is 0 Å². The zero-order valence-electron chi connectivity index (χ0n) is 14.2. The van der Waals surface area contributed by atoms with Crippen LogP contribution in [0.2, 0.25) is 5.02 Å². The Morgan fingerprint density at radius 3 is 2.54 bits per heavy atom. The number of nitrogens with one attached hydrogen (secondary N) is 1. The molecule has 0 heterocycles. The van der Waals surface area contributed by atoms with Crippen molar-refractivity contribution in [3.63, 3.8) is 0 Å². The number of carbonyl (C=O) groups is 1. The third kappa shape index (κ3) is 4.90. The number of hydrogen-bond acceptors (Lipinski definition) is 3. The van der Waals surface area contributed by atoms with E-state index in [1.807, 2.05) is 31.2 Å². The molecule has 0 spiro atoms. The predicted molar refractivity (Wildman–Crippen MR) is 97.3 cm³/mol. The quantitative estimate of drug-likeness (QED) is 0.794. The maximum absolute atomic E-state index is 12.1. The summed E-state index contributed by atoms with van der Waals surface area (Å²) in [5.74, 6) is 0.930. The number of ether oxygens (including phenoxy) is 2. The smallest absolute Gasteiger partial charge is 0.262 e. The topological polar surface area (TPSA) is 47.6 Å². The van der Waals surface area contributed by atoms with Crippen molar-refractivity contribution in [2.75, 3.05) is 19.0 Å². The molecule has 0 radical (unpaired) electrons. The summed E-state index contributed by atoms with van der Waals surface area (Å²) >= 11 is 6.06. The lowest BCUT2D eigenvalue weighted by molar-refractivity contribution is -0.118. The number of carbonyl (C=O) groups excluding carboxylic acids is 1. The number of anilines is 1. The number of methoxy groups -OCH3 is 1. The highest BCUT2D eigenvalue weighted by molar-refractivity contribution is 6.31. The average molecular weight is 348 g/mol. The van der Waals surface area contributed by atoms with E-state index in [9.17, 15) is 4.79 Å². The van der Waals surface area contributed by atoms with E-state index in [0.717, 1.165) is 18.4 Å². The highest BCUT2D eigenvalue weighted by atomic mass is 35.5. The van der Waals surface area contributed by atoms with Crippen molar-refractivity contribution >= 4 is 23.2 Å². The molecule has 1 N–H and O–H groups in total. The van der Waals surface area contributed by atoms with Crippen LogP contribution in [0.1, 0.15) is 24.5 Å². The Morgan fingerprint density at radius 2 is 1.92 bits per heavy atom. The summed E-state index contributed by atoms with van der Waals surface area (Å²) in [6.07, 6.45) is 2.14. The van der Waals surface area contributed by atoms with Gasteiger partial charge in [0.05, 0.1) is 12.8 Å². The van der Waals surface area contributed by atoms with Crippen LogP contribution in [0.5, 0.6) is 11.5 Å². The van der Waals surface area contributed by atoms with E-state index in [2.05, 4.69) is 12.2 Å². The van der Waals surface area contributed by atoms with Crippen LogP contribution in [0, 0.1) is 6.92 Å². The monoisotopic (exact) mass is 347 g/mol. The first-order valence-corrected chi connectivity index (χ1v) is 8.27. The summed E-state index contributed by atoms with van der Waals surface area (Å²) in [6.45, 7) is 3.94. The molecule has 0 aliphatic carbocycles. The second kappa shape index (κ2) is 8.60. The lowest BCUT2D eigenvalue weighted by Crippen LogP contribution is -2.20. The standard InChI is InChI=1S/C19H22ClNO3/c1-4-5-14-6-8-15(9-7-14)24-12-19(22)21-17-10-13(2)16(20)11-18(17)23-3/h6-11H,4-5,12H2,1-3H3,(H,21,22). The van der Waals surface area contributed by atoms with Crippen molar-refractivity contribution in [1.82, 2.24) is 0 Å². The van der Waals surface area contributed by atoms with Crippen LogP contribution in [-0.4, -0.2) is 19.6 Å². The fourth-order valence-corrected chi connectivity index (χ4v) is 2.46. The van der Waals surface area contributed by atoms with Gasteiger partial charge in [-0.3, -0.25) is 4.79 Å². The molecular weight excluding hydrogens is 326 g/mol. The molecule has 0 bridgehead atoms. The normalized spacial score (nSPS) is 10.3. The fourth-order valence-electron chi connectivity index (χ4n) is 2.31. The van der Waals surface area contributed by atoms with Crippen molar-refractivity contribution in [3.05, 3.63) is 52.5 Å². The first-order valence-electron chi connectivity index (χ1n) is 7.89. The number of benzene rings is 2. The molecule has 0 aliphatic heterocycles. The Labute approximate surface area is 147 Å². The van der Waals surface area contributed by atoms with E-state index in [0.29, 0.717) is 22.2 Å². The highest BCUT2D eigenvalue weighted by Gasteiger charge is 2.11. The number of rotatable bonds is 7. The van der Waals surface area contributed by atoms with Crippen LogP contribution in [0.25, 0.3) is 0 Å². The maximum Gasteiger partial charge on any atom is 0.262 e. The Bertz CT molecular complexity index is 699. The van der Waals surface area contributed by atoms with Crippen molar-refractivity contribution in [3.8, 4) is 11.5 Å². The van der Waals surface area contributed by atoms with E-state index < -0.39 is 0 Å². The van der Waals surface area contributed by atoms with E-state index in [-0.39, 0.29) is 12.5 Å². The molecular formula is C19H22ClNO3. The molecule has 128 valence electrons. The van der Waals surface area contributed by atoms with E-state index in [4.69, 9.17) is 21.1 Å². The number of hydrogen-bond donors (Lipinski definition) is 1. The van der Waals surface area contributed by atoms with Crippen LogP contribution in [-0.2, 0) is 11.2 Å². The summed E-state index contributed by atoms with van der Waals surface area (Å²) in [7, 11) is 1.53. The minimum atomic E-state index is -0.257. The van der Waals surface area contributed by atoms with Gasteiger partial charge in [0.1, 0.15) is 11.5 Å². The molecule has 4 nitrogen and oxygen atoms in total. The number of halogens is 1. The van der Waals surface area contributed by atoms with Crippen molar-refractivity contribution in [2.45, 2.75) is 26.7 Å². The molecule has 0 aliphatic rings. The summed E-state index contributed by atoms with van der Waals surface area (Å²) < 4.78 is 10.8. The van der Waals surface area contributed by atoms with Gasteiger partial charge in [-0.25, -0.2) is 0 Å². The molecule has 0 aromatic heterocycles. The fraction of sp³-hybridized carbons (Fsp3) is 0.316. The minimum absolute atomic E-state index is 0.0715. The van der Waals surface area contributed by atoms with Gasteiger partial charge in [0, 0.05) is 11.1 Å². The van der Waals surface area contributed by atoms with Crippen molar-refractivity contribution < 1.29 is 14.3 Å². The first-order chi connectivity index (χ1) is 11.5. The SMILES string of the molecule is CCCc1ccc(OCC(=O)Nc2cc(C)c(Cl)cc2OC)cc1. The largest absolute Gasteiger partial charge is 0.495 e. The highest BCUT2D eigenvalue weighted by Crippen LogP contribution is 2.30. The van der Waals surface area contributed by atoms with Gasteiger partial charge in [0.25, 0.3) is 5.91 Å². The van der Waals surface area contributed by atoms with Crippen LogP contribution in [0.4, 0.5) is 5.69 Å². The number of aryl methyl sites for hydroxylation is 2. The van der Waals surface area contributed by atoms with Gasteiger partial charge in [0.2, 0.25) is 0 Å². The molecule has 0 fully saturated rings. The van der Waals surface area contributed by atoms with Gasteiger partial charge in [-0.15, -0.1) is 0 Å². The summed E-state index contributed by atoms with van der Waals surface area (Å²) in [6, 6.07) is 11.2. The molecule has 2 aromatic rings. The summed E-state index contributed by atoms with van der Waals surface area (Å²) in [5.41, 5.74) is 2.70. The number of amides is 1. The van der Waals surface area contributed by atoms with Crippen LogP contribution in [0.3, 0.4) is 0 Å². The van der Waals surface area contributed by atoms with Crippen LogP contribution in [0.15, 0.2) is 36.4 Å². The Kier molecular flexibility index (Phi) is 6.50. The Hall–Kier alpha value is -2.20. The molecule has 0 unspecified atom stereocenters. The van der Waals surface area contributed by atoms with Crippen molar-refractivity contribution in [1.29, 1.82) is 0 Å². The van der Waals surface area contributed by atoms with Crippen LogP contribution >= 0.6 is 11.6 Å². The lowest BCUT2D eigenvalue weighted by atomic mass is 10.1. The van der Waals surface area contributed by atoms with Gasteiger partial charge in [-0.1, -0.05) is 37.1 Å². The first kappa shape index (κ1) is 18.1. The van der Waals surface area contributed by atoms with E-state index in [1.54, 1.807) is 12.1 Å². The molecule has 2 aromatic carbocycles. The van der Waals surface area contributed by atoms with Gasteiger partial charge in [-0.05, 0) is 42.7 Å². The van der Waals surface area contributed by atoms with Crippen LogP contribution < -0.4 is 14.8 Å². The van der Waals surface area contributed by atoms with Gasteiger partial charge in [0.15, 0.2) is 6.61 Å². The Balaban J connectivity index is 1.95. The zero-order valence-corrected chi connectivity index (χ0v) is 14.9.